The van der Waals surface area contributed by atoms with E-state index in [-0.39, 0.29) is 0 Å². The molecule has 2 aromatic rings. The number of halogens is 2. The fourth-order valence-electron chi connectivity index (χ4n) is 1.96. The molecular weight excluding hydrogens is 252 g/mol. The third-order valence-corrected chi connectivity index (χ3v) is 2.80. The van der Waals surface area contributed by atoms with Crippen LogP contribution in [0, 0.1) is 0 Å². The minimum absolute atomic E-state index is 0.560. The van der Waals surface area contributed by atoms with Gasteiger partial charge in [-0.2, -0.15) is 13.9 Å². The van der Waals surface area contributed by atoms with Gasteiger partial charge in [0.2, 0.25) is 5.91 Å². The molecule has 100 valence electrons. The van der Waals surface area contributed by atoms with Gasteiger partial charge in [-0.05, 0) is 11.6 Å². The Kier molecular flexibility index (Phi) is 3.89. The van der Waals surface area contributed by atoms with Crippen molar-refractivity contribution in [2.75, 3.05) is 0 Å². The predicted molar refractivity (Wildman–Crippen MR) is 65.6 cm³/mol. The average Bonchev–Trinajstić information content (AvgIpc) is 2.76. The van der Waals surface area contributed by atoms with Crippen molar-refractivity contribution >= 4 is 5.91 Å². The first-order valence-electron chi connectivity index (χ1n) is 5.71. The zero-order chi connectivity index (χ0) is 13.8. The quantitative estimate of drug-likeness (QED) is 0.858. The highest BCUT2D eigenvalue weighted by Gasteiger charge is 2.26. The molecule has 0 bridgehead atoms. The minimum Gasteiger partial charge on any atom is -0.299 e. The number of alkyl halides is 2. The summed E-state index contributed by atoms with van der Waals surface area (Å²) in [5, 5.41) is 5.62. The van der Waals surface area contributed by atoms with Gasteiger partial charge in [0.05, 0.1) is 5.69 Å². The maximum atomic E-state index is 12.3. The number of nitrogens with zero attached hydrogens (tertiary/aromatic N) is 2. The Morgan fingerprint density at radius 3 is 2.47 bits per heavy atom. The number of amides is 1. The third-order valence-electron chi connectivity index (χ3n) is 2.80. The molecule has 0 aliphatic heterocycles. The summed E-state index contributed by atoms with van der Waals surface area (Å²) < 4.78 is 26.2. The minimum atomic E-state index is -2.88. The molecule has 1 aromatic heterocycles. The van der Waals surface area contributed by atoms with Crippen LogP contribution in [0.15, 0.2) is 42.6 Å². The first kappa shape index (κ1) is 13.2. The van der Waals surface area contributed by atoms with Gasteiger partial charge in [0.1, 0.15) is 5.92 Å². The van der Waals surface area contributed by atoms with Crippen LogP contribution in [0.1, 0.15) is 17.2 Å². The Bertz CT molecular complexity index is 554. The standard InChI is InChI=1S/C13H13F2N3O/c1-18-10(7-8-16-18)11(12(19)17-13(14)15)9-5-3-2-4-6-9/h2-8,11,13H,1H3,(H,17,19). The lowest BCUT2D eigenvalue weighted by Crippen LogP contribution is -2.34. The molecule has 0 saturated carbocycles. The van der Waals surface area contributed by atoms with E-state index in [1.807, 2.05) is 0 Å². The highest BCUT2D eigenvalue weighted by Crippen LogP contribution is 2.24. The van der Waals surface area contributed by atoms with Crippen molar-refractivity contribution in [3.05, 3.63) is 53.9 Å². The lowest BCUT2D eigenvalue weighted by atomic mass is 9.95. The summed E-state index contributed by atoms with van der Waals surface area (Å²) in [6.07, 6.45) is 1.53. The third kappa shape index (κ3) is 2.96. The smallest absolute Gasteiger partial charge is 0.299 e. The Morgan fingerprint density at radius 1 is 1.26 bits per heavy atom. The van der Waals surface area contributed by atoms with E-state index < -0.39 is 18.4 Å². The summed E-state index contributed by atoms with van der Waals surface area (Å²) in [7, 11) is 1.67. The lowest BCUT2D eigenvalue weighted by Gasteiger charge is -2.17. The van der Waals surface area contributed by atoms with Crippen LogP contribution in [-0.2, 0) is 11.8 Å². The van der Waals surface area contributed by atoms with E-state index in [2.05, 4.69) is 5.10 Å². The first-order valence-corrected chi connectivity index (χ1v) is 5.71. The SMILES string of the molecule is Cn1nccc1C(C(=O)NC(F)F)c1ccccc1. The summed E-state index contributed by atoms with van der Waals surface area (Å²) in [6.45, 7) is -2.88. The van der Waals surface area contributed by atoms with Crippen LogP contribution in [0.2, 0.25) is 0 Å². The number of aryl methyl sites for hydroxylation is 1. The second kappa shape index (κ2) is 5.60. The first-order chi connectivity index (χ1) is 9.09. The maximum Gasteiger partial charge on any atom is 0.315 e. The molecule has 1 heterocycles. The van der Waals surface area contributed by atoms with E-state index in [0.29, 0.717) is 11.3 Å². The molecular formula is C13H13F2N3O. The lowest BCUT2D eigenvalue weighted by molar-refractivity contribution is -0.125. The van der Waals surface area contributed by atoms with E-state index >= 15 is 0 Å². The van der Waals surface area contributed by atoms with Gasteiger partial charge in [-0.25, -0.2) is 0 Å². The van der Waals surface area contributed by atoms with Gasteiger partial charge in [-0.3, -0.25) is 14.8 Å². The van der Waals surface area contributed by atoms with E-state index in [1.165, 1.54) is 10.9 Å². The predicted octanol–water partition coefficient (Wildman–Crippen LogP) is 1.89. The van der Waals surface area contributed by atoms with Crippen molar-refractivity contribution in [2.24, 2.45) is 7.05 Å². The number of nitrogens with one attached hydrogen (secondary N) is 1. The fourth-order valence-corrected chi connectivity index (χ4v) is 1.96. The van der Waals surface area contributed by atoms with Crippen LogP contribution in [0.4, 0.5) is 8.78 Å². The van der Waals surface area contributed by atoms with E-state index in [4.69, 9.17) is 0 Å². The van der Waals surface area contributed by atoms with Crippen molar-refractivity contribution in [1.29, 1.82) is 0 Å². The van der Waals surface area contributed by atoms with E-state index in [1.54, 1.807) is 48.8 Å². The van der Waals surface area contributed by atoms with Gasteiger partial charge in [0.25, 0.3) is 0 Å². The summed E-state index contributed by atoms with van der Waals surface area (Å²) >= 11 is 0. The average molecular weight is 265 g/mol. The summed E-state index contributed by atoms with van der Waals surface area (Å²) in [5.74, 6) is -1.55. The number of carbonyl (C=O) groups is 1. The molecule has 1 atom stereocenters. The molecule has 0 spiro atoms. The Hall–Kier alpha value is -2.24. The number of aromatic nitrogens is 2. The Morgan fingerprint density at radius 2 is 1.95 bits per heavy atom. The van der Waals surface area contributed by atoms with Gasteiger partial charge >= 0.3 is 6.55 Å². The molecule has 19 heavy (non-hydrogen) atoms. The second-order valence-corrected chi connectivity index (χ2v) is 4.03. The van der Waals surface area contributed by atoms with E-state index in [9.17, 15) is 13.6 Å². The number of benzene rings is 1. The molecule has 0 fully saturated rings. The molecule has 4 nitrogen and oxygen atoms in total. The van der Waals surface area contributed by atoms with Crippen molar-refractivity contribution in [3.8, 4) is 0 Å². The van der Waals surface area contributed by atoms with E-state index in [0.717, 1.165) is 0 Å². The van der Waals surface area contributed by atoms with Gasteiger partial charge in [-0.1, -0.05) is 30.3 Å². The molecule has 1 unspecified atom stereocenters. The normalized spacial score (nSPS) is 12.4. The molecule has 1 N–H and O–H groups in total. The van der Waals surface area contributed by atoms with Crippen LogP contribution < -0.4 is 5.32 Å². The molecule has 1 aromatic carbocycles. The van der Waals surface area contributed by atoms with Crippen LogP contribution in [0.25, 0.3) is 0 Å². The molecule has 6 heteroatoms. The largest absolute Gasteiger partial charge is 0.315 e. The molecule has 0 radical (unpaired) electrons. The zero-order valence-electron chi connectivity index (χ0n) is 10.3. The number of rotatable bonds is 4. The highest BCUT2D eigenvalue weighted by atomic mass is 19.3. The van der Waals surface area contributed by atoms with Crippen molar-refractivity contribution in [2.45, 2.75) is 12.5 Å². The maximum absolute atomic E-state index is 12.3. The number of carbonyl (C=O) groups excluding carboxylic acids is 1. The molecule has 1 amide bonds. The van der Waals surface area contributed by atoms with Crippen molar-refractivity contribution in [3.63, 3.8) is 0 Å². The Labute approximate surface area is 109 Å². The fraction of sp³-hybridized carbons (Fsp3) is 0.231. The van der Waals surface area contributed by atoms with Crippen LogP contribution in [-0.4, -0.2) is 22.2 Å². The van der Waals surface area contributed by atoms with Crippen LogP contribution in [0.5, 0.6) is 0 Å². The zero-order valence-corrected chi connectivity index (χ0v) is 10.3. The number of hydrogen-bond donors (Lipinski definition) is 1. The van der Waals surface area contributed by atoms with Gasteiger partial charge in [0.15, 0.2) is 0 Å². The van der Waals surface area contributed by atoms with Crippen LogP contribution in [0.3, 0.4) is 0 Å². The highest BCUT2D eigenvalue weighted by molar-refractivity contribution is 5.86. The summed E-state index contributed by atoms with van der Waals surface area (Å²) in [5.41, 5.74) is 1.20. The monoisotopic (exact) mass is 265 g/mol. The number of hydrogen-bond acceptors (Lipinski definition) is 2. The topological polar surface area (TPSA) is 46.9 Å². The summed E-state index contributed by atoms with van der Waals surface area (Å²) in [4.78, 5) is 12.0. The molecule has 2 rings (SSSR count). The van der Waals surface area contributed by atoms with Gasteiger partial charge < -0.3 is 0 Å². The summed E-state index contributed by atoms with van der Waals surface area (Å²) in [6, 6.07) is 10.4. The van der Waals surface area contributed by atoms with Gasteiger partial charge in [-0.15, -0.1) is 0 Å². The molecule has 0 aliphatic carbocycles. The molecule has 0 aliphatic rings. The van der Waals surface area contributed by atoms with Gasteiger partial charge in [0, 0.05) is 13.2 Å². The van der Waals surface area contributed by atoms with Crippen molar-refractivity contribution < 1.29 is 13.6 Å². The Balaban J connectivity index is 2.40. The molecule has 0 saturated heterocycles. The van der Waals surface area contributed by atoms with Crippen LogP contribution >= 0.6 is 0 Å². The van der Waals surface area contributed by atoms with Crippen molar-refractivity contribution in [1.82, 2.24) is 15.1 Å². The second-order valence-electron chi connectivity index (χ2n) is 4.03.